The van der Waals surface area contributed by atoms with Gasteiger partial charge in [-0.25, -0.2) is 0 Å². The fraction of sp³-hybridized carbons (Fsp3) is 0.917. The molecule has 0 aliphatic carbocycles. The maximum atomic E-state index is 11.4. The Kier molecular flexibility index (Phi) is 9.24. The highest BCUT2D eigenvalue weighted by atomic mass is 16.3. The third-order valence-corrected chi connectivity index (χ3v) is 2.53. The van der Waals surface area contributed by atoms with Crippen molar-refractivity contribution in [1.82, 2.24) is 10.6 Å². The van der Waals surface area contributed by atoms with Crippen LogP contribution in [-0.2, 0) is 4.79 Å². The maximum absolute atomic E-state index is 11.4. The summed E-state index contributed by atoms with van der Waals surface area (Å²) in [5.74, 6) is 0.461. The zero-order chi connectivity index (χ0) is 12.4. The molecule has 0 bridgehead atoms. The summed E-state index contributed by atoms with van der Waals surface area (Å²) in [4.78, 5) is 11.4. The molecule has 4 nitrogen and oxygen atoms in total. The molecule has 0 saturated carbocycles. The monoisotopic (exact) mass is 230 g/mol. The predicted octanol–water partition coefficient (Wildman–Crippen LogP) is 0.899. The Morgan fingerprint density at radius 3 is 2.56 bits per heavy atom. The molecular formula is C12H26N2O2. The Labute approximate surface area is 98.8 Å². The Hall–Kier alpha value is -0.610. The highest BCUT2D eigenvalue weighted by Crippen LogP contribution is 1.97. The molecule has 0 saturated heterocycles. The van der Waals surface area contributed by atoms with Crippen LogP contribution in [0.2, 0.25) is 0 Å². The molecule has 0 aromatic heterocycles. The van der Waals surface area contributed by atoms with Crippen LogP contribution in [0.25, 0.3) is 0 Å². The van der Waals surface area contributed by atoms with Gasteiger partial charge in [-0.05, 0) is 32.2 Å². The Bertz CT molecular complexity index is 186. The molecule has 0 aliphatic heterocycles. The van der Waals surface area contributed by atoms with E-state index < -0.39 is 0 Å². The zero-order valence-corrected chi connectivity index (χ0v) is 10.8. The van der Waals surface area contributed by atoms with Gasteiger partial charge in [-0.3, -0.25) is 4.79 Å². The van der Waals surface area contributed by atoms with E-state index in [9.17, 15) is 4.79 Å². The molecule has 4 heteroatoms. The molecule has 16 heavy (non-hydrogen) atoms. The van der Waals surface area contributed by atoms with Gasteiger partial charge < -0.3 is 15.7 Å². The van der Waals surface area contributed by atoms with Gasteiger partial charge in [0, 0.05) is 12.6 Å². The molecule has 3 N–H and O–H groups in total. The van der Waals surface area contributed by atoms with Crippen molar-refractivity contribution in [3.05, 3.63) is 0 Å². The summed E-state index contributed by atoms with van der Waals surface area (Å²) in [6.07, 6.45) is 2.88. The second-order valence-electron chi connectivity index (χ2n) is 4.51. The largest absolute Gasteiger partial charge is 0.396 e. The molecule has 0 aromatic rings. The number of nitrogens with one attached hydrogen (secondary N) is 2. The highest BCUT2D eigenvalue weighted by molar-refractivity contribution is 5.78. The van der Waals surface area contributed by atoms with Gasteiger partial charge in [0.15, 0.2) is 0 Å². The minimum Gasteiger partial charge on any atom is -0.396 e. The van der Waals surface area contributed by atoms with Gasteiger partial charge in [-0.1, -0.05) is 20.3 Å². The summed E-state index contributed by atoms with van der Waals surface area (Å²) < 4.78 is 0. The third-order valence-electron chi connectivity index (χ3n) is 2.53. The first-order chi connectivity index (χ1) is 7.60. The quantitative estimate of drug-likeness (QED) is 0.551. The Morgan fingerprint density at radius 1 is 1.31 bits per heavy atom. The van der Waals surface area contributed by atoms with Crippen molar-refractivity contribution in [3.63, 3.8) is 0 Å². The van der Waals surface area contributed by atoms with Crippen LogP contribution in [-0.4, -0.2) is 36.8 Å². The zero-order valence-electron chi connectivity index (χ0n) is 10.8. The van der Waals surface area contributed by atoms with Crippen LogP contribution in [0.4, 0.5) is 0 Å². The van der Waals surface area contributed by atoms with Gasteiger partial charge in [0.05, 0.1) is 6.54 Å². The number of rotatable bonds is 9. The summed E-state index contributed by atoms with van der Waals surface area (Å²) >= 11 is 0. The summed E-state index contributed by atoms with van der Waals surface area (Å²) in [5.41, 5.74) is 0. The number of hydrogen-bond acceptors (Lipinski definition) is 3. The molecule has 0 aliphatic rings. The normalized spacial score (nSPS) is 14.5. The van der Waals surface area contributed by atoms with E-state index in [2.05, 4.69) is 24.5 Å². The topological polar surface area (TPSA) is 61.4 Å². The molecule has 0 fully saturated rings. The summed E-state index contributed by atoms with van der Waals surface area (Å²) in [7, 11) is 0. The van der Waals surface area contributed by atoms with Gasteiger partial charge in [-0.2, -0.15) is 0 Å². The van der Waals surface area contributed by atoms with Crippen molar-refractivity contribution in [2.24, 2.45) is 5.92 Å². The number of hydrogen-bond donors (Lipinski definition) is 3. The lowest BCUT2D eigenvalue weighted by atomic mass is 10.1. The lowest BCUT2D eigenvalue weighted by Gasteiger charge is -2.14. The minimum atomic E-state index is 0.0529. The first kappa shape index (κ1) is 15.4. The maximum Gasteiger partial charge on any atom is 0.234 e. The van der Waals surface area contributed by atoms with E-state index in [1.165, 1.54) is 0 Å². The van der Waals surface area contributed by atoms with Crippen LogP contribution in [0.15, 0.2) is 0 Å². The smallest absolute Gasteiger partial charge is 0.234 e. The highest BCUT2D eigenvalue weighted by Gasteiger charge is 2.06. The second-order valence-corrected chi connectivity index (χ2v) is 4.51. The molecule has 0 heterocycles. The minimum absolute atomic E-state index is 0.0529. The molecule has 2 unspecified atom stereocenters. The van der Waals surface area contributed by atoms with E-state index in [1.54, 1.807) is 0 Å². The third kappa shape index (κ3) is 8.68. The lowest BCUT2D eigenvalue weighted by molar-refractivity contribution is -0.120. The molecule has 0 aromatic carbocycles. The van der Waals surface area contributed by atoms with Crippen molar-refractivity contribution in [1.29, 1.82) is 0 Å². The van der Waals surface area contributed by atoms with Gasteiger partial charge >= 0.3 is 0 Å². The Morgan fingerprint density at radius 2 is 2.00 bits per heavy atom. The van der Waals surface area contributed by atoms with Gasteiger partial charge in [0.25, 0.3) is 0 Å². The number of carbonyl (C=O) groups excluding carboxylic acids is 1. The van der Waals surface area contributed by atoms with Crippen molar-refractivity contribution >= 4 is 5.91 Å². The molecule has 1 amide bonds. The number of aliphatic hydroxyl groups excluding tert-OH is 1. The number of amides is 1. The van der Waals surface area contributed by atoms with Gasteiger partial charge in [0.2, 0.25) is 5.91 Å². The first-order valence-corrected chi connectivity index (χ1v) is 6.21. The van der Waals surface area contributed by atoms with Crippen molar-refractivity contribution in [2.75, 3.05) is 19.7 Å². The van der Waals surface area contributed by atoms with Gasteiger partial charge in [-0.15, -0.1) is 0 Å². The summed E-state index contributed by atoms with van der Waals surface area (Å²) in [6.45, 7) is 7.54. The van der Waals surface area contributed by atoms with Crippen LogP contribution >= 0.6 is 0 Å². The fourth-order valence-electron chi connectivity index (χ4n) is 1.59. The average Bonchev–Trinajstić information content (AvgIpc) is 2.18. The van der Waals surface area contributed by atoms with E-state index in [1.807, 2.05) is 6.92 Å². The van der Waals surface area contributed by atoms with E-state index in [0.29, 0.717) is 12.5 Å². The van der Waals surface area contributed by atoms with Crippen LogP contribution in [0, 0.1) is 5.92 Å². The van der Waals surface area contributed by atoms with E-state index in [-0.39, 0.29) is 18.6 Å². The number of aliphatic hydroxyl groups is 1. The van der Waals surface area contributed by atoms with E-state index >= 15 is 0 Å². The second kappa shape index (κ2) is 9.60. The van der Waals surface area contributed by atoms with Crippen LogP contribution in [0.3, 0.4) is 0 Å². The van der Waals surface area contributed by atoms with E-state index in [0.717, 1.165) is 25.8 Å². The van der Waals surface area contributed by atoms with E-state index in [4.69, 9.17) is 5.11 Å². The van der Waals surface area contributed by atoms with Crippen molar-refractivity contribution in [3.8, 4) is 0 Å². The SMILES string of the molecule is CCCC(C)NC(=O)CNCC(C)CCO. The van der Waals surface area contributed by atoms with Crippen LogP contribution in [0.1, 0.15) is 40.0 Å². The Balaban J connectivity index is 3.50. The standard InChI is InChI=1S/C12H26N2O2/c1-4-5-11(3)14-12(16)9-13-8-10(2)6-7-15/h10-11,13,15H,4-9H2,1-3H3,(H,14,16). The summed E-state index contributed by atoms with van der Waals surface area (Å²) in [5, 5.41) is 14.7. The lowest BCUT2D eigenvalue weighted by Crippen LogP contribution is -2.40. The van der Waals surface area contributed by atoms with Crippen LogP contribution in [0.5, 0.6) is 0 Å². The molecule has 2 atom stereocenters. The van der Waals surface area contributed by atoms with Gasteiger partial charge in [0.1, 0.15) is 0 Å². The fourth-order valence-corrected chi connectivity index (χ4v) is 1.59. The van der Waals surface area contributed by atoms with Crippen molar-refractivity contribution in [2.45, 2.75) is 46.1 Å². The molecule has 96 valence electrons. The molecule has 0 spiro atoms. The summed E-state index contributed by atoms with van der Waals surface area (Å²) in [6, 6.07) is 0.258. The molecule has 0 radical (unpaired) electrons. The first-order valence-electron chi connectivity index (χ1n) is 6.21. The molecular weight excluding hydrogens is 204 g/mol. The predicted molar refractivity (Wildman–Crippen MR) is 66.2 cm³/mol. The van der Waals surface area contributed by atoms with Crippen molar-refractivity contribution < 1.29 is 9.90 Å². The van der Waals surface area contributed by atoms with Crippen LogP contribution < -0.4 is 10.6 Å². The average molecular weight is 230 g/mol. The molecule has 0 rings (SSSR count). The number of carbonyl (C=O) groups is 1.